The molecule has 3 aromatic heterocycles. The summed E-state index contributed by atoms with van der Waals surface area (Å²) in [5.41, 5.74) is 8.16. The first-order valence-electron chi connectivity index (χ1n) is 14.9. The second-order valence-electron chi connectivity index (χ2n) is 11.1. The second kappa shape index (κ2) is 9.96. The molecule has 9 rings (SSSR count). The lowest BCUT2D eigenvalue weighted by molar-refractivity contribution is 0.415. The molecule has 0 fully saturated rings. The monoisotopic (exact) mass is 582 g/mol. The molecule has 0 saturated heterocycles. The van der Waals surface area contributed by atoms with E-state index in [1.807, 2.05) is 24.3 Å². The zero-order chi connectivity index (χ0) is 29.9. The van der Waals surface area contributed by atoms with E-state index in [1.54, 1.807) is 7.11 Å². The van der Waals surface area contributed by atoms with Gasteiger partial charge in [-0.25, -0.2) is 0 Å². The third kappa shape index (κ3) is 3.96. The summed E-state index contributed by atoms with van der Waals surface area (Å²) in [5.74, 6) is 1.61. The van der Waals surface area contributed by atoms with E-state index in [2.05, 4.69) is 135 Å². The molecule has 0 radical (unpaired) electrons. The van der Waals surface area contributed by atoms with Gasteiger partial charge in [-0.15, -0.1) is 10.2 Å². The minimum atomic E-state index is 0.435. The van der Waals surface area contributed by atoms with Crippen molar-refractivity contribution in [3.63, 3.8) is 0 Å². The van der Waals surface area contributed by atoms with Crippen LogP contribution in [0.4, 0.5) is 0 Å². The molecule has 45 heavy (non-hydrogen) atoms. The highest BCUT2D eigenvalue weighted by Crippen LogP contribution is 2.38. The maximum absolute atomic E-state index is 6.35. The Balaban J connectivity index is 1.34. The number of ether oxygens (including phenoxy) is 1. The third-order valence-electron chi connectivity index (χ3n) is 8.57. The van der Waals surface area contributed by atoms with Crippen molar-refractivity contribution >= 4 is 43.6 Å². The molecule has 6 heteroatoms. The Morgan fingerprint density at radius 3 is 1.38 bits per heavy atom. The maximum Gasteiger partial charge on any atom is 0.248 e. The molecule has 6 aromatic carbocycles. The summed E-state index contributed by atoms with van der Waals surface area (Å²) in [5, 5.41) is 13.8. The quantitative estimate of drug-likeness (QED) is 0.203. The molecule has 0 bridgehead atoms. The van der Waals surface area contributed by atoms with Crippen LogP contribution in [-0.4, -0.2) is 26.4 Å². The normalized spacial score (nSPS) is 11.7. The number of para-hydroxylation sites is 4. The Morgan fingerprint density at radius 2 is 0.911 bits per heavy atom. The lowest BCUT2D eigenvalue weighted by Crippen LogP contribution is -2.00. The predicted molar refractivity (Wildman–Crippen MR) is 180 cm³/mol. The van der Waals surface area contributed by atoms with Gasteiger partial charge in [-0.3, -0.25) is 0 Å². The Labute approximate surface area is 258 Å². The van der Waals surface area contributed by atoms with E-state index in [0.29, 0.717) is 11.8 Å². The Hall–Kier alpha value is -6.14. The third-order valence-corrected chi connectivity index (χ3v) is 8.57. The van der Waals surface area contributed by atoms with Gasteiger partial charge in [0.2, 0.25) is 11.8 Å². The van der Waals surface area contributed by atoms with E-state index < -0.39 is 0 Å². The number of hydrogen-bond donors (Lipinski definition) is 0. The van der Waals surface area contributed by atoms with E-state index in [1.165, 1.54) is 21.5 Å². The van der Waals surface area contributed by atoms with Crippen LogP contribution in [0.15, 0.2) is 144 Å². The summed E-state index contributed by atoms with van der Waals surface area (Å²) in [6.45, 7) is 0. The van der Waals surface area contributed by atoms with Crippen LogP contribution in [0.2, 0.25) is 0 Å². The average Bonchev–Trinajstić information content (AvgIpc) is 3.81. The van der Waals surface area contributed by atoms with Gasteiger partial charge in [-0.2, -0.15) is 0 Å². The first kappa shape index (κ1) is 25.4. The smallest absolute Gasteiger partial charge is 0.248 e. The van der Waals surface area contributed by atoms with Crippen molar-refractivity contribution in [2.45, 2.75) is 0 Å². The highest BCUT2D eigenvalue weighted by atomic mass is 16.5. The number of benzene rings is 6. The van der Waals surface area contributed by atoms with Gasteiger partial charge in [-0.05, 0) is 60.7 Å². The van der Waals surface area contributed by atoms with E-state index in [-0.39, 0.29) is 0 Å². The van der Waals surface area contributed by atoms with Crippen LogP contribution in [-0.2, 0) is 0 Å². The van der Waals surface area contributed by atoms with Gasteiger partial charge in [-0.1, -0.05) is 78.9 Å². The molecule has 0 spiro atoms. The van der Waals surface area contributed by atoms with Crippen molar-refractivity contribution in [1.82, 2.24) is 19.3 Å². The van der Waals surface area contributed by atoms with E-state index in [4.69, 9.17) is 9.15 Å². The van der Waals surface area contributed by atoms with Crippen molar-refractivity contribution < 1.29 is 9.15 Å². The summed E-state index contributed by atoms with van der Waals surface area (Å²) in [4.78, 5) is 0. The van der Waals surface area contributed by atoms with E-state index in [0.717, 1.165) is 50.3 Å². The van der Waals surface area contributed by atoms with Crippen LogP contribution in [0.5, 0.6) is 5.75 Å². The van der Waals surface area contributed by atoms with Crippen molar-refractivity contribution in [1.29, 1.82) is 0 Å². The standard InChI is InChI=1S/C39H26N4O2/c1-44-29-12-10-11-25(23-29)38-40-41-39(45-38)26-21-27(42-34-17-6-2-13-30(34)31-14-3-7-18-35(31)42)24-28(22-26)43-36-19-8-4-15-32(36)33-16-5-9-20-37(33)43/h2-24H,1H3. The molecule has 0 aliphatic rings. The summed E-state index contributed by atoms with van der Waals surface area (Å²) < 4.78 is 16.4. The Bertz CT molecular complexity index is 2310. The fraction of sp³-hybridized carbons (Fsp3) is 0.0256. The summed E-state index contributed by atoms with van der Waals surface area (Å²) in [6.07, 6.45) is 0. The lowest BCUT2D eigenvalue weighted by atomic mass is 10.1. The predicted octanol–water partition coefficient (Wildman–Crippen LogP) is 9.61. The molecular formula is C39H26N4O2. The summed E-state index contributed by atoms with van der Waals surface area (Å²) in [6, 6.07) is 48.4. The number of rotatable bonds is 5. The van der Waals surface area contributed by atoms with Gasteiger partial charge in [0, 0.05) is 44.0 Å². The van der Waals surface area contributed by atoms with Crippen LogP contribution in [0.25, 0.3) is 77.9 Å². The minimum absolute atomic E-state index is 0.435. The van der Waals surface area contributed by atoms with Gasteiger partial charge >= 0.3 is 0 Å². The summed E-state index contributed by atoms with van der Waals surface area (Å²) in [7, 11) is 1.65. The average molecular weight is 583 g/mol. The van der Waals surface area contributed by atoms with E-state index >= 15 is 0 Å². The van der Waals surface area contributed by atoms with Gasteiger partial charge in [0.15, 0.2) is 0 Å². The van der Waals surface area contributed by atoms with Gasteiger partial charge in [0.25, 0.3) is 0 Å². The van der Waals surface area contributed by atoms with Gasteiger partial charge in [0.1, 0.15) is 5.75 Å². The minimum Gasteiger partial charge on any atom is -0.497 e. The molecule has 0 aliphatic carbocycles. The largest absolute Gasteiger partial charge is 0.497 e. The fourth-order valence-corrected chi connectivity index (χ4v) is 6.59. The molecule has 214 valence electrons. The zero-order valence-electron chi connectivity index (χ0n) is 24.4. The Morgan fingerprint density at radius 1 is 0.467 bits per heavy atom. The number of aromatic nitrogens is 4. The SMILES string of the molecule is COc1cccc(-c2nnc(-c3cc(-n4c5ccccc5c5ccccc54)cc(-n4c5ccccc5c5ccccc54)c3)o2)c1. The van der Waals surface area contributed by atoms with E-state index in [9.17, 15) is 0 Å². The van der Waals surface area contributed by atoms with Crippen molar-refractivity contribution in [3.8, 4) is 40.0 Å². The fourth-order valence-electron chi connectivity index (χ4n) is 6.59. The molecular weight excluding hydrogens is 556 g/mol. The van der Waals surface area contributed by atoms with Crippen LogP contribution < -0.4 is 4.74 Å². The zero-order valence-corrected chi connectivity index (χ0v) is 24.4. The number of nitrogens with zero attached hydrogens (tertiary/aromatic N) is 4. The number of fused-ring (bicyclic) bond motifs is 6. The van der Waals surface area contributed by atoms with Crippen LogP contribution in [0.3, 0.4) is 0 Å². The first-order chi connectivity index (χ1) is 22.3. The first-order valence-corrected chi connectivity index (χ1v) is 14.9. The van der Waals surface area contributed by atoms with Gasteiger partial charge in [0.05, 0.1) is 29.2 Å². The highest BCUT2D eigenvalue weighted by Gasteiger charge is 2.19. The van der Waals surface area contributed by atoms with Crippen LogP contribution >= 0.6 is 0 Å². The van der Waals surface area contributed by atoms with Crippen molar-refractivity contribution in [2.24, 2.45) is 0 Å². The highest BCUT2D eigenvalue weighted by molar-refractivity contribution is 6.10. The van der Waals surface area contributed by atoms with Gasteiger partial charge < -0.3 is 18.3 Å². The number of methoxy groups -OCH3 is 1. The Kier molecular flexibility index (Phi) is 5.62. The lowest BCUT2D eigenvalue weighted by Gasteiger charge is -2.14. The number of hydrogen-bond acceptors (Lipinski definition) is 4. The topological polar surface area (TPSA) is 58.0 Å². The summed E-state index contributed by atoms with van der Waals surface area (Å²) >= 11 is 0. The molecule has 0 atom stereocenters. The molecule has 9 aromatic rings. The van der Waals surface area contributed by atoms with Crippen molar-refractivity contribution in [2.75, 3.05) is 7.11 Å². The van der Waals surface area contributed by atoms with Crippen molar-refractivity contribution in [3.05, 3.63) is 140 Å². The molecule has 0 unspecified atom stereocenters. The molecule has 0 saturated carbocycles. The maximum atomic E-state index is 6.35. The molecule has 3 heterocycles. The van der Waals surface area contributed by atoms with Crippen LogP contribution in [0.1, 0.15) is 0 Å². The molecule has 0 N–H and O–H groups in total. The van der Waals surface area contributed by atoms with Crippen LogP contribution in [0, 0.1) is 0 Å². The molecule has 6 nitrogen and oxygen atoms in total. The second-order valence-corrected chi connectivity index (χ2v) is 11.1. The molecule has 0 amide bonds. The molecule has 0 aliphatic heterocycles.